The molecule has 108 valence electrons. The molecule has 0 radical (unpaired) electrons. The lowest BCUT2D eigenvalue weighted by Crippen LogP contribution is -2.44. The van der Waals surface area contributed by atoms with E-state index in [1.807, 2.05) is 25.7 Å². The molecule has 20 heavy (non-hydrogen) atoms. The topological polar surface area (TPSA) is 48.7 Å². The van der Waals surface area contributed by atoms with Crippen LogP contribution in [-0.4, -0.2) is 23.3 Å². The van der Waals surface area contributed by atoms with Gasteiger partial charge in [-0.25, -0.2) is 4.98 Å². The maximum atomic E-state index is 9.44. The molecule has 1 N–H and O–H groups in total. The van der Waals surface area contributed by atoms with Gasteiger partial charge in [-0.3, -0.25) is 0 Å². The Morgan fingerprint density at radius 1 is 1.50 bits per heavy atom. The molecule has 3 nitrogen and oxygen atoms in total. The van der Waals surface area contributed by atoms with Crippen LogP contribution in [0, 0.1) is 31.1 Å². The molecule has 0 spiro atoms. The van der Waals surface area contributed by atoms with E-state index in [-0.39, 0.29) is 5.54 Å². The fourth-order valence-corrected chi connectivity index (χ4v) is 4.27. The molecule has 1 aromatic rings. The molecule has 4 heteroatoms. The summed E-state index contributed by atoms with van der Waals surface area (Å²) in [6.45, 7) is 4.15. The third kappa shape index (κ3) is 3.34. The molecular weight excluding hydrogens is 266 g/mol. The number of aromatic nitrogens is 1. The summed E-state index contributed by atoms with van der Waals surface area (Å²) in [5.41, 5.74) is 2.05. The van der Waals surface area contributed by atoms with Crippen molar-refractivity contribution in [3.63, 3.8) is 0 Å². The van der Waals surface area contributed by atoms with Gasteiger partial charge in [0, 0.05) is 5.69 Å². The predicted octanol–water partition coefficient (Wildman–Crippen LogP) is 3.46. The van der Waals surface area contributed by atoms with Gasteiger partial charge in [-0.05, 0) is 69.5 Å². The van der Waals surface area contributed by atoms with Gasteiger partial charge >= 0.3 is 0 Å². The minimum atomic E-state index is -0.295. The Bertz CT molecular complexity index is 489. The van der Waals surface area contributed by atoms with E-state index in [2.05, 4.69) is 35.4 Å². The van der Waals surface area contributed by atoms with Crippen LogP contribution in [0.25, 0.3) is 0 Å². The molecule has 1 aliphatic carbocycles. The second-order valence-electron chi connectivity index (χ2n) is 5.68. The molecule has 1 fully saturated rings. The van der Waals surface area contributed by atoms with Gasteiger partial charge in [0.1, 0.15) is 5.54 Å². The largest absolute Gasteiger partial charge is 0.302 e. The molecule has 0 amide bonds. The number of nitriles is 1. The highest BCUT2D eigenvalue weighted by Gasteiger charge is 2.41. The smallest absolute Gasteiger partial charge is 0.109 e. The van der Waals surface area contributed by atoms with Crippen LogP contribution in [0.5, 0.6) is 0 Å². The van der Waals surface area contributed by atoms with E-state index in [9.17, 15) is 5.26 Å². The molecular formula is C16H23N3S. The molecule has 1 aromatic heterocycles. The summed E-state index contributed by atoms with van der Waals surface area (Å²) in [4.78, 5) is 4.56. The SMILES string of the molecule is CNC1(C#N)CCCC1CCSc1cc(C)cc(C)n1. The van der Waals surface area contributed by atoms with Crippen molar-refractivity contribution in [3.8, 4) is 6.07 Å². The molecule has 1 heterocycles. The van der Waals surface area contributed by atoms with E-state index in [1.54, 1.807) is 0 Å². The summed E-state index contributed by atoms with van der Waals surface area (Å²) < 4.78 is 0. The summed E-state index contributed by atoms with van der Waals surface area (Å²) in [5, 5.41) is 13.8. The Morgan fingerprint density at radius 2 is 2.30 bits per heavy atom. The molecule has 0 aromatic carbocycles. The fourth-order valence-electron chi connectivity index (χ4n) is 3.18. The second-order valence-corrected chi connectivity index (χ2v) is 6.80. The Hall–Kier alpha value is -1.05. The van der Waals surface area contributed by atoms with Gasteiger partial charge < -0.3 is 5.32 Å². The molecule has 2 atom stereocenters. The molecule has 1 aliphatic rings. The van der Waals surface area contributed by atoms with Crippen molar-refractivity contribution in [2.45, 2.75) is 50.1 Å². The van der Waals surface area contributed by atoms with E-state index >= 15 is 0 Å². The van der Waals surface area contributed by atoms with Crippen LogP contribution in [0.3, 0.4) is 0 Å². The average molecular weight is 289 g/mol. The van der Waals surface area contributed by atoms with Gasteiger partial charge in [0.15, 0.2) is 0 Å². The lowest BCUT2D eigenvalue weighted by atomic mass is 9.87. The van der Waals surface area contributed by atoms with Crippen molar-refractivity contribution in [3.05, 3.63) is 23.4 Å². The zero-order valence-electron chi connectivity index (χ0n) is 12.6. The zero-order chi connectivity index (χ0) is 14.6. The highest BCUT2D eigenvalue weighted by Crippen LogP contribution is 2.38. The number of hydrogen-bond donors (Lipinski definition) is 1. The van der Waals surface area contributed by atoms with Crippen LogP contribution in [0.15, 0.2) is 17.2 Å². The first-order valence-electron chi connectivity index (χ1n) is 7.28. The van der Waals surface area contributed by atoms with E-state index in [4.69, 9.17) is 0 Å². The third-order valence-corrected chi connectivity index (χ3v) is 5.20. The average Bonchev–Trinajstić information content (AvgIpc) is 2.81. The standard InChI is InChI=1S/C16H23N3S/c1-12-9-13(2)19-15(10-12)20-8-6-14-5-4-7-16(14,11-17)18-3/h9-10,14,18H,4-8H2,1-3H3. The number of nitrogens with zero attached hydrogens (tertiary/aromatic N) is 2. The number of hydrogen-bond acceptors (Lipinski definition) is 4. The lowest BCUT2D eigenvalue weighted by Gasteiger charge is -2.28. The number of rotatable bonds is 5. The molecule has 2 rings (SSSR count). The first-order chi connectivity index (χ1) is 9.59. The van der Waals surface area contributed by atoms with Gasteiger partial charge in [-0.1, -0.05) is 6.42 Å². The Kier molecular flexibility index (Phi) is 5.06. The molecule has 0 aliphatic heterocycles. The van der Waals surface area contributed by atoms with Crippen LogP contribution >= 0.6 is 11.8 Å². The van der Waals surface area contributed by atoms with Crippen LogP contribution in [0.1, 0.15) is 36.9 Å². The van der Waals surface area contributed by atoms with Crippen molar-refractivity contribution in [2.75, 3.05) is 12.8 Å². The zero-order valence-corrected chi connectivity index (χ0v) is 13.4. The van der Waals surface area contributed by atoms with Crippen LogP contribution in [0.2, 0.25) is 0 Å². The number of thioether (sulfide) groups is 1. The highest BCUT2D eigenvalue weighted by molar-refractivity contribution is 7.99. The fraction of sp³-hybridized carbons (Fsp3) is 0.625. The normalized spacial score (nSPS) is 25.6. The maximum absolute atomic E-state index is 9.44. The monoisotopic (exact) mass is 289 g/mol. The third-order valence-electron chi connectivity index (χ3n) is 4.26. The number of pyridine rings is 1. The highest BCUT2D eigenvalue weighted by atomic mass is 32.2. The molecule has 1 saturated carbocycles. The second kappa shape index (κ2) is 6.60. The van der Waals surface area contributed by atoms with E-state index in [1.165, 1.54) is 5.56 Å². The number of aryl methyl sites for hydroxylation is 2. The van der Waals surface area contributed by atoms with Gasteiger partial charge in [-0.15, -0.1) is 11.8 Å². The van der Waals surface area contributed by atoms with Gasteiger partial charge in [0.25, 0.3) is 0 Å². The summed E-state index contributed by atoms with van der Waals surface area (Å²) in [7, 11) is 1.92. The van der Waals surface area contributed by atoms with Crippen molar-refractivity contribution in [1.82, 2.24) is 10.3 Å². The lowest BCUT2D eigenvalue weighted by molar-refractivity contribution is 0.332. The minimum absolute atomic E-state index is 0.295. The Labute approximate surface area is 126 Å². The molecule has 0 bridgehead atoms. The first kappa shape index (κ1) is 15.3. The summed E-state index contributed by atoms with van der Waals surface area (Å²) in [5.74, 6) is 1.50. The van der Waals surface area contributed by atoms with Crippen LogP contribution in [0.4, 0.5) is 0 Å². The Balaban J connectivity index is 1.91. The van der Waals surface area contributed by atoms with Crippen molar-refractivity contribution in [1.29, 1.82) is 5.26 Å². The van der Waals surface area contributed by atoms with Crippen LogP contribution in [-0.2, 0) is 0 Å². The maximum Gasteiger partial charge on any atom is 0.109 e. The quantitative estimate of drug-likeness (QED) is 0.843. The van der Waals surface area contributed by atoms with Gasteiger partial charge in [0.2, 0.25) is 0 Å². The summed E-state index contributed by atoms with van der Waals surface area (Å²) in [6, 6.07) is 6.75. The minimum Gasteiger partial charge on any atom is -0.302 e. The van der Waals surface area contributed by atoms with Gasteiger partial charge in [-0.2, -0.15) is 5.26 Å². The van der Waals surface area contributed by atoms with Crippen molar-refractivity contribution in [2.24, 2.45) is 5.92 Å². The predicted molar refractivity (Wildman–Crippen MR) is 83.8 cm³/mol. The number of nitrogens with one attached hydrogen (secondary N) is 1. The van der Waals surface area contributed by atoms with E-state index in [0.29, 0.717) is 5.92 Å². The Morgan fingerprint density at radius 3 is 2.95 bits per heavy atom. The first-order valence-corrected chi connectivity index (χ1v) is 8.26. The van der Waals surface area contributed by atoms with Crippen LogP contribution < -0.4 is 5.32 Å². The van der Waals surface area contributed by atoms with Gasteiger partial charge in [0.05, 0.1) is 11.1 Å². The van der Waals surface area contributed by atoms with E-state index < -0.39 is 0 Å². The van der Waals surface area contributed by atoms with Crippen molar-refractivity contribution < 1.29 is 0 Å². The van der Waals surface area contributed by atoms with Crippen molar-refractivity contribution >= 4 is 11.8 Å². The summed E-state index contributed by atoms with van der Waals surface area (Å²) >= 11 is 1.81. The molecule has 0 saturated heterocycles. The summed E-state index contributed by atoms with van der Waals surface area (Å²) in [6.07, 6.45) is 4.38. The molecule has 2 unspecified atom stereocenters. The van der Waals surface area contributed by atoms with E-state index in [0.717, 1.165) is 42.2 Å².